The molecule has 2 amide bonds. The van der Waals surface area contributed by atoms with Gasteiger partial charge in [-0.1, -0.05) is 15.9 Å². The average Bonchev–Trinajstić information content (AvgIpc) is 2.48. The van der Waals surface area contributed by atoms with E-state index in [0.29, 0.717) is 11.3 Å². The molecule has 0 aliphatic carbocycles. The van der Waals surface area contributed by atoms with Gasteiger partial charge in [0.05, 0.1) is 0 Å². The Labute approximate surface area is 140 Å². The number of thiocarbonyl (C=S) groups is 1. The van der Waals surface area contributed by atoms with E-state index < -0.39 is 11.8 Å². The van der Waals surface area contributed by atoms with Crippen LogP contribution in [0.15, 0.2) is 28.2 Å². The summed E-state index contributed by atoms with van der Waals surface area (Å²) < 4.78 is 6.04. The summed E-state index contributed by atoms with van der Waals surface area (Å²) in [7, 11) is 1.48. The number of amides is 2. The number of nitrogens with zero attached hydrogens (tertiary/aromatic N) is 2. The van der Waals surface area contributed by atoms with E-state index in [0.717, 1.165) is 4.47 Å². The molecule has 0 bridgehead atoms. The molecule has 112 valence electrons. The van der Waals surface area contributed by atoms with Crippen molar-refractivity contribution in [2.45, 2.75) is 0 Å². The normalized spacial score (nSPS) is 16.5. The van der Waals surface area contributed by atoms with E-state index in [1.165, 1.54) is 18.0 Å². The number of benzene rings is 1. The molecule has 6 nitrogen and oxygen atoms in total. The molecule has 1 saturated heterocycles. The maximum Gasteiger partial charge on any atom is 0.265 e. The van der Waals surface area contributed by atoms with Crippen molar-refractivity contribution in [3.63, 3.8) is 0 Å². The predicted octanol–water partition coefficient (Wildman–Crippen LogP) is 1.61. The Balaban J connectivity index is 2.45. The highest BCUT2D eigenvalue weighted by Gasteiger charge is 2.31. The molecular formula is C14H10BrN3O3S. The highest BCUT2D eigenvalue weighted by atomic mass is 79.9. The van der Waals surface area contributed by atoms with Crippen molar-refractivity contribution in [1.29, 1.82) is 5.26 Å². The lowest BCUT2D eigenvalue weighted by Gasteiger charge is -2.25. The molecule has 1 aromatic rings. The largest absolute Gasteiger partial charge is 0.478 e. The molecule has 0 aromatic heterocycles. The standard InChI is InChI=1S/C14H10BrN3O3S/c1-18-13(20)10(12(19)17-14(18)22)7-8-6-9(15)2-3-11(8)21-5-4-16/h2-3,6-7H,5H2,1H3,(H,17,19,22)/b10-7+. The Kier molecular flexibility index (Phi) is 4.90. The number of halogens is 1. The third-order valence-corrected chi connectivity index (χ3v) is 3.74. The van der Waals surface area contributed by atoms with Crippen molar-refractivity contribution < 1.29 is 14.3 Å². The van der Waals surface area contributed by atoms with Gasteiger partial charge in [0.2, 0.25) is 0 Å². The summed E-state index contributed by atoms with van der Waals surface area (Å²) in [5, 5.41) is 11.1. The monoisotopic (exact) mass is 379 g/mol. The van der Waals surface area contributed by atoms with Crippen LogP contribution in [0.2, 0.25) is 0 Å². The van der Waals surface area contributed by atoms with Crippen molar-refractivity contribution in [3.8, 4) is 11.8 Å². The highest BCUT2D eigenvalue weighted by molar-refractivity contribution is 9.10. The lowest BCUT2D eigenvalue weighted by atomic mass is 10.1. The van der Waals surface area contributed by atoms with Crippen LogP contribution in [0.5, 0.6) is 5.75 Å². The van der Waals surface area contributed by atoms with E-state index in [1.54, 1.807) is 18.2 Å². The minimum absolute atomic E-state index is 0.0577. The van der Waals surface area contributed by atoms with Crippen LogP contribution in [0, 0.1) is 11.3 Å². The number of nitrogens with one attached hydrogen (secondary N) is 1. The molecule has 2 rings (SSSR count). The van der Waals surface area contributed by atoms with E-state index in [2.05, 4.69) is 21.2 Å². The Morgan fingerprint density at radius 1 is 1.50 bits per heavy atom. The molecule has 1 N–H and O–H groups in total. The van der Waals surface area contributed by atoms with Crippen LogP contribution in [0.1, 0.15) is 5.56 Å². The van der Waals surface area contributed by atoms with Gasteiger partial charge in [-0.3, -0.25) is 19.8 Å². The topological polar surface area (TPSA) is 82.4 Å². The number of ether oxygens (including phenoxy) is 1. The van der Waals surface area contributed by atoms with Crippen molar-refractivity contribution >= 4 is 51.2 Å². The molecule has 0 spiro atoms. The van der Waals surface area contributed by atoms with Gasteiger partial charge in [0.25, 0.3) is 11.8 Å². The molecule has 8 heteroatoms. The van der Waals surface area contributed by atoms with Gasteiger partial charge < -0.3 is 4.74 Å². The molecule has 1 fully saturated rings. The zero-order valence-corrected chi connectivity index (χ0v) is 13.8. The van der Waals surface area contributed by atoms with Gasteiger partial charge >= 0.3 is 0 Å². The van der Waals surface area contributed by atoms with E-state index in [4.69, 9.17) is 22.2 Å². The van der Waals surface area contributed by atoms with Crippen LogP contribution in [0.4, 0.5) is 0 Å². The number of carbonyl (C=O) groups is 2. The molecule has 1 aliphatic rings. The van der Waals surface area contributed by atoms with Gasteiger partial charge in [-0.15, -0.1) is 0 Å². The predicted molar refractivity (Wildman–Crippen MR) is 86.7 cm³/mol. The lowest BCUT2D eigenvalue weighted by Crippen LogP contribution is -2.52. The summed E-state index contributed by atoms with van der Waals surface area (Å²) >= 11 is 8.20. The van der Waals surface area contributed by atoms with Gasteiger partial charge in [-0.25, -0.2) is 0 Å². The molecule has 1 aliphatic heterocycles. The van der Waals surface area contributed by atoms with Crippen LogP contribution in [-0.4, -0.2) is 35.5 Å². The minimum Gasteiger partial charge on any atom is -0.478 e. The molecule has 0 radical (unpaired) electrons. The fourth-order valence-electron chi connectivity index (χ4n) is 1.77. The van der Waals surface area contributed by atoms with Crippen LogP contribution >= 0.6 is 28.1 Å². The van der Waals surface area contributed by atoms with Gasteiger partial charge in [-0.05, 0) is 36.5 Å². The second-order valence-electron chi connectivity index (χ2n) is 4.31. The SMILES string of the molecule is CN1C(=O)/C(=C/c2cc(Br)ccc2OCC#N)C(=O)NC1=S. The van der Waals surface area contributed by atoms with E-state index in [9.17, 15) is 9.59 Å². The Morgan fingerprint density at radius 3 is 2.91 bits per heavy atom. The third-order valence-electron chi connectivity index (χ3n) is 2.87. The van der Waals surface area contributed by atoms with Crippen LogP contribution < -0.4 is 10.1 Å². The fourth-order valence-corrected chi connectivity index (χ4v) is 2.33. The zero-order valence-electron chi connectivity index (χ0n) is 11.4. The molecule has 0 atom stereocenters. The van der Waals surface area contributed by atoms with Crippen molar-refractivity contribution in [2.75, 3.05) is 13.7 Å². The maximum absolute atomic E-state index is 12.2. The van der Waals surface area contributed by atoms with Crippen LogP contribution in [0.25, 0.3) is 6.08 Å². The number of likely N-dealkylation sites (N-methyl/N-ethyl adjacent to an activating group) is 1. The average molecular weight is 380 g/mol. The van der Waals surface area contributed by atoms with Gasteiger partial charge in [0.15, 0.2) is 11.7 Å². The Hall–Kier alpha value is -2.24. The second kappa shape index (κ2) is 6.68. The number of nitriles is 1. The summed E-state index contributed by atoms with van der Waals surface area (Å²) in [5.74, 6) is -0.673. The van der Waals surface area contributed by atoms with E-state index in [-0.39, 0.29) is 17.3 Å². The summed E-state index contributed by atoms with van der Waals surface area (Å²) in [6, 6.07) is 6.93. The summed E-state index contributed by atoms with van der Waals surface area (Å²) in [6.45, 7) is -0.137. The van der Waals surface area contributed by atoms with Crippen LogP contribution in [0.3, 0.4) is 0 Å². The third kappa shape index (κ3) is 3.32. The number of carbonyl (C=O) groups excluding carboxylic acids is 2. The number of rotatable bonds is 3. The molecule has 0 unspecified atom stereocenters. The van der Waals surface area contributed by atoms with Crippen molar-refractivity contribution in [2.24, 2.45) is 0 Å². The fraction of sp³-hybridized carbons (Fsp3) is 0.143. The lowest BCUT2D eigenvalue weighted by molar-refractivity contribution is -0.128. The maximum atomic E-state index is 12.2. The molecule has 0 saturated carbocycles. The van der Waals surface area contributed by atoms with E-state index in [1.807, 2.05) is 6.07 Å². The van der Waals surface area contributed by atoms with Crippen LogP contribution in [-0.2, 0) is 9.59 Å². The second-order valence-corrected chi connectivity index (χ2v) is 5.61. The van der Waals surface area contributed by atoms with Crippen molar-refractivity contribution in [3.05, 3.63) is 33.8 Å². The smallest absolute Gasteiger partial charge is 0.265 e. The first-order valence-electron chi connectivity index (χ1n) is 6.08. The Morgan fingerprint density at radius 2 is 2.23 bits per heavy atom. The highest BCUT2D eigenvalue weighted by Crippen LogP contribution is 2.26. The van der Waals surface area contributed by atoms with Gasteiger partial charge in [0.1, 0.15) is 17.4 Å². The molecule has 1 heterocycles. The number of hydrogen-bond acceptors (Lipinski definition) is 5. The quantitative estimate of drug-likeness (QED) is 0.490. The molecule has 1 aromatic carbocycles. The first-order chi connectivity index (χ1) is 10.4. The number of hydrogen-bond donors (Lipinski definition) is 1. The minimum atomic E-state index is -0.570. The van der Waals surface area contributed by atoms with Gasteiger partial charge in [-0.2, -0.15) is 5.26 Å². The summed E-state index contributed by atoms with van der Waals surface area (Å²) in [4.78, 5) is 25.3. The summed E-state index contributed by atoms with van der Waals surface area (Å²) in [6.07, 6.45) is 1.41. The van der Waals surface area contributed by atoms with E-state index >= 15 is 0 Å². The first-order valence-corrected chi connectivity index (χ1v) is 7.28. The Bertz CT molecular complexity index is 739. The zero-order chi connectivity index (χ0) is 16.3. The van der Waals surface area contributed by atoms with Crippen molar-refractivity contribution in [1.82, 2.24) is 10.2 Å². The molecular weight excluding hydrogens is 370 g/mol. The summed E-state index contributed by atoms with van der Waals surface area (Å²) in [5.41, 5.74) is 0.445. The first kappa shape index (κ1) is 16.1. The van der Waals surface area contributed by atoms with Gasteiger partial charge in [0, 0.05) is 17.1 Å². The molecule has 22 heavy (non-hydrogen) atoms.